The van der Waals surface area contributed by atoms with Gasteiger partial charge in [0.15, 0.2) is 0 Å². The molecule has 8 nitrogen and oxygen atoms in total. The molecule has 1 aromatic carbocycles. The summed E-state index contributed by atoms with van der Waals surface area (Å²) in [5.74, 6) is -1.60. The Labute approximate surface area is 111 Å². The summed E-state index contributed by atoms with van der Waals surface area (Å²) in [6.07, 6.45) is 0. The molecular formula is C12H11N3O5. The van der Waals surface area contributed by atoms with E-state index in [-0.39, 0.29) is 23.1 Å². The van der Waals surface area contributed by atoms with E-state index in [4.69, 9.17) is 5.11 Å². The number of aromatic carboxylic acids is 1. The number of carboxylic acid groups (broad SMARTS) is 1. The van der Waals surface area contributed by atoms with Gasteiger partial charge in [-0.25, -0.2) is 4.79 Å². The molecule has 8 heteroatoms. The molecule has 0 unspecified atom stereocenters. The van der Waals surface area contributed by atoms with Crippen LogP contribution < -0.4 is 16.4 Å². The molecule has 0 radical (unpaired) electrons. The first-order valence-corrected chi connectivity index (χ1v) is 5.65. The molecule has 0 aliphatic rings. The molecule has 104 valence electrons. The molecule has 0 bridgehead atoms. The fourth-order valence-corrected chi connectivity index (χ4v) is 1.79. The van der Waals surface area contributed by atoms with Crippen LogP contribution in [-0.4, -0.2) is 33.6 Å². The Balaban J connectivity index is 2.75. The minimum Gasteiger partial charge on any atom is -0.478 e. The van der Waals surface area contributed by atoms with Gasteiger partial charge in [0.05, 0.1) is 16.6 Å². The van der Waals surface area contributed by atoms with E-state index in [1.54, 1.807) is 0 Å². The van der Waals surface area contributed by atoms with Crippen LogP contribution in [-0.2, 0) is 11.3 Å². The second-order valence-electron chi connectivity index (χ2n) is 4.06. The zero-order chi connectivity index (χ0) is 14.9. The highest BCUT2D eigenvalue weighted by molar-refractivity contribution is 5.92. The summed E-state index contributed by atoms with van der Waals surface area (Å²) < 4.78 is 0.999. The van der Waals surface area contributed by atoms with Crippen LogP contribution in [0.25, 0.3) is 11.0 Å². The Hall–Kier alpha value is -2.90. The smallest absolute Gasteiger partial charge is 0.335 e. The van der Waals surface area contributed by atoms with Gasteiger partial charge in [-0.1, -0.05) is 0 Å². The van der Waals surface area contributed by atoms with Crippen LogP contribution in [0, 0.1) is 0 Å². The second kappa shape index (κ2) is 5.00. The number of aromatic nitrogens is 2. The largest absolute Gasteiger partial charge is 0.478 e. The first-order chi connectivity index (χ1) is 9.43. The zero-order valence-corrected chi connectivity index (χ0v) is 10.5. The van der Waals surface area contributed by atoms with E-state index in [2.05, 4.69) is 10.3 Å². The van der Waals surface area contributed by atoms with Gasteiger partial charge in [0.1, 0.15) is 6.54 Å². The predicted octanol–water partition coefficient (Wildman–Crippen LogP) is -0.866. The first kappa shape index (κ1) is 13.5. The third-order valence-corrected chi connectivity index (χ3v) is 2.80. The van der Waals surface area contributed by atoms with Crippen LogP contribution in [0.5, 0.6) is 0 Å². The molecule has 2 rings (SSSR count). The third kappa shape index (κ3) is 2.30. The summed E-state index contributed by atoms with van der Waals surface area (Å²) >= 11 is 0. The van der Waals surface area contributed by atoms with E-state index < -0.39 is 23.0 Å². The highest BCUT2D eigenvalue weighted by atomic mass is 16.4. The number of carbonyl (C=O) groups is 2. The normalized spacial score (nSPS) is 10.4. The SMILES string of the molecule is CNC(=O)Cn1c(=O)c(=O)[nH]c2cc(C(=O)O)ccc21. The van der Waals surface area contributed by atoms with Crippen molar-refractivity contribution >= 4 is 22.9 Å². The predicted molar refractivity (Wildman–Crippen MR) is 69.9 cm³/mol. The van der Waals surface area contributed by atoms with Crippen molar-refractivity contribution in [2.24, 2.45) is 0 Å². The molecule has 1 aromatic heterocycles. The van der Waals surface area contributed by atoms with Gasteiger partial charge in [-0.05, 0) is 18.2 Å². The van der Waals surface area contributed by atoms with Gasteiger partial charge in [-0.15, -0.1) is 0 Å². The summed E-state index contributed by atoms with van der Waals surface area (Å²) in [7, 11) is 1.41. The number of fused-ring (bicyclic) bond motifs is 1. The summed E-state index contributed by atoms with van der Waals surface area (Å²) in [6.45, 7) is -0.317. The molecule has 0 atom stereocenters. The van der Waals surface area contributed by atoms with Gasteiger partial charge >= 0.3 is 17.1 Å². The van der Waals surface area contributed by atoms with E-state index in [1.807, 2.05) is 0 Å². The molecule has 3 N–H and O–H groups in total. The minimum atomic E-state index is -1.16. The fourth-order valence-electron chi connectivity index (χ4n) is 1.79. The van der Waals surface area contributed by atoms with Crippen molar-refractivity contribution in [1.82, 2.24) is 14.9 Å². The Morgan fingerprint density at radius 2 is 2.05 bits per heavy atom. The number of nitrogens with one attached hydrogen (secondary N) is 2. The number of likely N-dealkylation sites (N-methyl/N-ethyl adjacent to an activating group) is 1. The lowest BCUT2D eigenvalue weighted by molar-refractivity contribution is -0.121. The molecular weight excluding hydrogens is 266 g/mol. The molecule has 0 aliphatic heterocycles. The van der Waals surface area contributed by atoms with Crippen molar-refractivity contribution in [3.8, 4) is 0 Å². The maximum absolute atomic E-state index is 11.8. The number of H-pyrrole nitrogens is 1. The number of hydrogen-bond acceptors (Lipinski definition) is 4. The average molecular weight is 277 g/mol. The first-order valence-electron chi connectivity index (χ1n) is 5.65. The monoisotopic (exact) mass is 277 g/mol. The Kier molecular flexibility index (Phi) is 3.38. The van der Waals surface area contributed by atoms with Crippen molar-refractivity contribution in [3.05, 3.63) is 44.5 Å². The molecule has 20 heavy (non-hydrogen) atoms. The van der Waals surface area contributed by atoms with Crippen LogP contribution in [0.4, 0.5) is 0 Å². The number of benzene rings is 1. The molecule has 2 aromatic rings. The maximum atomic E-state index is 11.8. The Morgan fingerprint density at radius 1 is 1.35 bits per heavy atom. The van der Waals surface area contributed by atoms with Crippen molar-refractivity contribution in [2.75, 3.05) is 7.05 Å². The summed E-state index contributed by atoms with van der Waals surface area (Å²) in [6, 6.07) is 3.90. The van der Waals surface area contributed by atoms with Crippen LogP contribution in [0.3, 0.4) is 0 Å². The second-order valence-corrected chi connectivity index (χ2v) is 4.06. The third-order valence-electron chi connectivity index (χ3n) is 2.80. The zero-order valence-electron chi connectivity index (χ0n) is 10.5. The van der Waals surface area contributed by atoms with Crippen LogP contribution in [0.15, 0.2) is 27.8 Å². The van der Waals surface area contributed by atoms with Gasteiger partial charge in [0, 0.05) is 7.05 Å². The maximum Gasteiger partial charge on any atom is 0.335 e. The average Bonchev–Trinajstić information content (AvgIpc) is 2.42. The molecule has 0 saturated heterocycles. The van der Waals surface area contributed by atoms with Crippen LogP contribution >= 0.6 is 0 Å². The molecule has 0 fully saturated rings. The summed E-state index contributed by atoms with van der Waals surface area (Å²) in [4.78, 5) is 47.9. The topological polar surface area (TPSA) is 121 Å². The van der Waals surface area contributed by atoms with Crippen molar-refractivity contribution in [3.63, 3.8) is 0 Å². The number of aromatic amines is 1. The van der Waals surface area contributed by atoms with E-state index in [0.717, 1.165) is 4.57 Å². The lowest BCUT2D eigenvalue weighted by Crippen LogP contribution is -2.39. The van der Waals surface area contributed by atoms with Crippen molar-refractivity contribution in [2.45, 2.75) is 6.54 Å². The number of carboxylic acids is 1. The fraction of sp³-hybridized carbons (Fsp3) is 0.167. The highest BCUT2D eigenvalue weighted by Gasteiger charge is 2.12. The van der Waals surface area contributed by atoms with Crippen LogP contribution in [0.1, 0.15) is 10.4 Å². The van der Waals surface area contributed by atoms with Crippen molar-refractivity contribution < 1.29 is 14.7 Å². The number of carbonyl (C=O) groups excluding carboxylic acids is 1. The van der Waals surface area contributed by atoms with Crippen molar-refractivity contribution in [1.29, 1.82) is 0 Å². The minimum absolute atomic E-state index is 0.0294. The van der Waals surface area contributed by atoms with Gasteiger partial charge in [0.2, 0.25) is 5.91 Å². The summed E-state index contributed by atoms with van der Waals surface area (Å²) in [5.41, 5.74) is -1.35. The molecule has 0 aliphatic carbocycles. The summed E-state index contributed by atoms with van der Waals surface area (Å²) in [5, 5.41) is 11.2. The molecule has 1 heterocycles. The van der Waals surface area contributed by atoms with E-state index in [1.165, 1.54) is 25.2 Å². The van der Waals surface area contributed by atoms with Gasteiger partial charge in [0.25, 0.3) is 0 Å². The Bertz CT molecular complexity index is 818. The lowest BCUT2D eigenvalue weighted by atomic mass is 10.2. The molecule has 0 spiro atoms. The van der Waals surface area contributed by atoms with E-state index >= 15 is 0 Å². The van der Waals surface area contributed by atoms with Gasteiger partial charge in [-0.3, -0.25) is 19.0 Å². The van der Waals surface area contributed by atoms with Gasteiger partial charge in [-0.2, -0.15) is 0 Å². The quantitative estimate of drug-likeness (QED) is 0.630. The molecule has 1 amide bonds. The van der Waals surface area contributed by atoms with E-state index in [0.29, 0.717) is 0 Å². The standard InChI is InChI=1S/C12H11N3O5/c1-13-9(16)5-15-8-3-2-6(12(19)20)4-7(8)14-10(17)11(15)18/h2-4H,5H2,1H3,(H,13,16)(H,14,17)(H,19,20). The number of hydrogen-bond donors (Lipinski definition) is 3. The molecule has 0 saturated carbocycles. The number of rotatable bonds is 3. The lowest BCUT2D eigenvalue weighted by Gasteiger charge is -2.09. The van der Waals surface area contributed by atoms with E-state index in [9.17, 15) is 19.2 Å². The van der Waals surface area contributed by atoms with Gasteiger partial charge < -0.3 is 15.4 Å². The number of nitrogens with zero attached hydrogens (tertiary/aromatic N) is 1. The highest BCUT2D eigenvalue weighted by Crippen LogP contribution is 2.11. The van der Waals surface area contributed by atoms with Crippen LogP contribution in [0.2, 0.25) is 0 Å². The Morgan fingerprint density at radius 3 is 2.65 bits per heavy atom. The number of amides is 1.